The highest BCUT2D eigenvalue weighted by molar-refractivity contribution is 5.95. The molecule has 146 valence electrons. The van der Waals surface area contributed by atoms with Crippen LogP contribution in [0.15, 0.2) is 66.8 Å². The molecule has 0 fully saturated rings. The Morgan fingerprint density at radius 3 is 1.93 bits per heavy atom. The molecular formula is C24H26O4. The van der Waals surface area contributed by atoms with Gasteiger partial charge in [-0.15, -0.1) is 0 Å². The van der Waals surface area contributed by atoms with Crippen LogP contribution in [0.3, 0.4) is 0 Å². The normalized spacial score (nSPS) is 11.9. The number of hydrogen-bond donors (Lipinski definition) is 1. The van der Waals surface area contributed by atoms with E-state index in [0.29, 0.717) is 0 Å². The summed E-state index contributed by atoms with van der Waals surface area (Å²) in [4.78, 5) is 22.8. The molecule has 2 rings (SSSR count). The third-order valence-electron chi connectivity index (χ3n) is 4.33. The first-order chi connectivity index (χ1) is 13.4. The maximum absolute atomic E-state index is 11.7. The summed E-state index contributed by atoms with van der Waals surface area (Å²) in [6.07, 6.45) is 3.82. The molecule has 0 aromatic heterocycles. The van der Waals surface area contributed by atoms with Crippen LogP contribution in [0.25, 0.3) is 5.57 Å². The minimum absolute atomic E-state index is 0.121. The van der Waals surface area contributed by atoms with Crippen LogP contribution in [0.2, 0.25) is 0 Å². The summed E-state index contributed by atoms with van der Waals surface area (Å²) in [5.41, 5.74) is 5.51. The van der Waals surface area contributed by atoms with Crippen molar-refractivity contribution in [2.75, 3.05) is 7.11 Å². The molecule has 2 aromatic rings. The van der Waals surface area contributed by atoms with Gasteiger partial charge in [0.15, 0.2) is 0 Å². The molecule has 0 amide bonds. The number of aliphatic hydroxyl groups excluding tert-OH is 1. The third-order valence-corrected chi connectivity index (χ3v) is 4.33. The summed E-state index contributed by atoms with van der Waals surface area (Å²) in [5.74, 6) is -0.952. The maximum atomic E-state index is 11.7. The molecule has 0 heterocycles. The fourth-order valence-corrected chi connectivity index (χ4v) is 2.71. The van der Waals surface area contributed by atoms with Gasteiger partial charge in [-0.25, -0.2) is 0 Å². The Morgan fingerprint density at radius 1 is 0.964 bits per heavy atom. The monoisotopic (exact) mass is 378 g/mol. The molecule has 0 aliphatic heterocycles. The SMILES string of the molecule is COC(=O)CC(=O)CC(O)C=CC=C(c1ccc(C)cc1)c1ccc(C)cc1. The first-order valence-electron chi connectivity index (χ1n) is 9.18. The van der Waals surface area contributed by atoms with Crippen LogP contribution < -0.4 is 0 Å². The molecule has 0 bridgehead atoms. The highest BCUT2D eigenvalue weighted by atomic mass is 16.5. The molecule has 4 heteroatoms. The minimum Gasteiger partial charge on any atom is -0.469 e. The minimum atomic E-state index is -0.953. The van der Waals surface area contributed by atoms with E-state index in [-0.39, 0.29) is 18.6 Å². The zero-order valence-electron chi connectivity index (χ0n) is 16.5. The predicted molar refractivity (Wildman–Crippen MR) is 111 cm³/mol. The molecule has 28 heavy (non-hydrogen) atoms. The third kappa shape index (κ3) is 6.63. The van der Waals surface area contributed by atoms with Crippen molar-refractivity contribution in [3.63, 3.8) is 0 Å². The second-order valence-corrected chi connectivity index (χ2v) is 6.76. The fourth-order valence-electron chi connectivity index (χ4n) is 2.71. The lowest BCUT2D eigenvalue weighted by atomic mass is 9.96. The van der Waals surface area contributed by atoms with Gasteiger partial charge >= 0.3 is 5.97 Å². The van der Waals surface area contributed by atoms with E-state index in [1.165, 1.54) is 18.2 Å². The fraction of sp³-hybridized carbons (Fsp3) is 0.250. The van der Waals surface area contributed by atoms with Crippen LogP contribution in [-0.2, 0) is 14.3 Å². The van der Waals surface area contributed by atoms with Gasteiger partial charge in [-0.2, -0.15) is 0 Å². The molecule has 4 nitrogen and oxygen atoms in total. The van der Waals surface area contributed by atoms with E-state index in [1.807, 2.05) is 19.9 Å². The van der Waals surface area contributed by atoms with E-state index in [1.54, 1.807) is 12.2 Å². The lowest BCUT2D eigenvalue weighted by Crippen LogP contribution is -2.15. The maximum Gasteiger partial charge on any atom is 0.313 e. The molecule has 2 aromatic carbocycles. The van der Waals surface area contributed by atoms with Gasteiger partial charge in [0.2, 0.25) is 0 Å². The first-order valence-corrected chi connectivity index (χ1v) is 9.18. The molecule has 0 saturated heterocycles. The smallest absolute Gasteiger partial charge is 0.313 e. The van der Waals surface area contributed by atoms with E-state index < -0.39 is 12.1 Å². The summed E-state index contributed by atoms with van der Waals surface area (Å²) < 4.78 is 4.46. The van der Waals surface area contributed by atoms with Crippen molar-refractivity contribution in [1.29, 1.82) is 0 Å². The predicted octanol–water partition coefficient (Wildman–Crippen LogP) is 4.17. The highest BCUT2D eigenvalue weighted by Gasteiger charge is 2.13. The lowest BCUT2D eigenvalue weighted by Gasteiger charge is -2.09. The number of allylic oxidation sites excluding steroid dienone is 2. The number of hydrogen-bond acceptors (Lipinski definition) is 4. The van der Waals surface area contributed by atoms with E-state index >= 15 is 0 Å². The number of ketones is 1. The number of methoxy groups -OCH3 is 1. The Bertz CT molecular complexity index is 811. The molecule has 0 aliphatic rings. The highest BCUT2D eigenvalue weighted by Crippen LogP contribution is 2.24. The van der Waals surface area contributed by atoms with Gasteiger partial charge in [0.25, 0.3) is 0 Å². The van der Waals surface area contributed by atoms with E-state index in [2.05, 4.69) is 53.3 Å². The summed E-state index contributed by atoms with van der Waals surface area (Å²) >= 11 is 0. The summed E-state index contributed by atoms with van der Waals surface area (Å²) in [6.45, 7) is 4.08. The quantitative estimate of drug-likeness (QED) is 0.425. The molecule has 0 saturated carbocycles. The number of esters is 1. The Balaban J connectivity index is 2.18. The number of carbonyl (C=O) groups is 2. The number of Topliss-reactive ketones (excluding diaryl/α,β-unsaturated/α-hetero) is 1. The van der Waals surface area contributed by atoms with Crippen LogP contribution in [0.5, 0.6) is 0 Å². The average molecular weight is 378 g/mol. The van der Waals surface area contributed by atoms with Crippen LogP contribution in [0.4, 0.5) is 0 Å². The zero-order chi connectivity index (χ0) is 20.5. The van der Waals surface area contributed by atoms with Gasteiger partial charge in [0.1, 0.15) is 12.2 Å². The van der Waals surface area contributed by atoms with E-state index in [4.69, 9.17) is 0 Å². The van der Waals surface area contributed by atoms with Crippen LogP contribution in [-0.4, -0.2) is 30.1 Å². The molecule has 1 atom stereocenters. The van der Waals surface area contributed by atoms with Gasteiger partial charge in [0.05, 0.1) is 13.2 Å². The molecular weight excluding hydrogens is 352 g/mol. The molecule has 1 N–H and O–H groups in total. The van der Waals surface area contributed by atoms with Crippen molar-refractivity contribution in [2.45, 2.75) is 32.8 Å². The number of aryl methyl sites for hydroxylation is 2. The van der Waals surface area contributed by atoms with Crippen molar-refractivity contribution < 1.29 is 19.4 Å². The molecule has 1 unspecified atom stereocenters. The molecule has 0 aliphatic carbocycles. The Hall–Kier alpha value is -2.98. The Kier molecular flexibility index (Phi) is 7.90. The number of rotatable bonds is 8. The largest absolute Gasteiger partial charge is 0.469 e. The van der Waals surface area contributed by atoms with Crippen LogP contribution in [0, 0.1) is 13.8 Å². The van der Waals surface area contributed by atoms with Gasteiger partial charge in [0, 0.05) is 6.42 Å². The van der Waals surface area contributed by atoms with Crippen molar-refractivity contribution in [2.24, 2.45) is 0 Å². The average Bonchev–Trinajstić information content (AvgIpc) is 2.67. The van der Waals surface area contributed by atoms with Crippen molar-refractivity contribution in [3.8, 4) is 0 Å². The van der Waals surface area contributed by atoms with E-state index in [9.17, 15) is 14.7 Å². The van der Waals surface area contributed by atoms with Gasteiger partial charge in [-0.05, 0) is 30.5 Å². The van der Waals surface area contributed by atoms with Gasteiger partial charge in [-0.1, -0.05) is 77.9 Å². The van der Waals surface area contributed by atoms with Crippen molar-refractivity contribution in [1.82, 2.24) is 0 Å². The van der Waals surface area contributed by atoms with Gasteiger partial charge < -0.3 is 9.84 Å². The standard InChI is InChI=1S/C24H26O4/c1-17-7-11-19(12-8-17)23(20-13-9-18(2)10-14-20)6-4-5-21(25)15-22(26)16-24(27)28-3/h4-14,21,25H,15-16H2,1-3H3. The van der Waals surface area contributed by atoms with Gasteiger partial charge in [-0.3, -0.25) is 9.59 Å². The van der Waals surface area contributed by atoms with Crippen molar-refractivity contribution >= 4 is 17.3 Å². The van der Waals surface area contributed by atoms with Crippen molar-refractivity contribution in [3.05, 3.63) is 89.0 Å². The molecule has 0 spiro atoms. The first kappa shape index (κ1) is 21.3. The second-order valence-electron chi connectivity index (χ2n) is 6.76. The Labute approximate surface area is 166 Å². The summed E-state index contributed by atoms with van der Waals surface area (Å²) in [7, 11) is 1.23. The van der Waals surface area contributed by atoms with Crippen LogP contribution in [0.1, 0.15) is 35.1 Å². The van der Waals surface area contributed by atoms with Crippen LogP contribution >= 0.6 is 0 Å². The Morgan fingerprint density at radius 2 is 1.46 bits per heavy atom. The van der Waals surface area contributed by atoms with E-state index in [0.717, 1.165) is 16.7 Å². The summed E-state index contributed by atoms with van der Waals surface area (Å²) in [5, 5.41) is 10.0. The number of aliphatic hydroxyl groups is 1. The number of ether oxygens (including phenoxy) is 1. The number of carbonyl (C=O) groups excluding carboxylic acids is 2. The number of benzene rings is 2. The topological polar surface area (TPSA) is 63.6 Å². The second kappa shape index (κ2) is 10.4. The lowest BCUT2D eigenvalue weighted by molar-refractivity contribution is -0.143. The molecule has 0 radical (unpaired) electrons. The summed E-state index contributed by atoms with van der Waals surface area (Å²) in [6, 6.07) is 16.5. The zero-order valence-corrected chi connectivity index (χ0v) is 16.5.